The predicted octanol–water partition coefficient (Wildman–Crippen LogP) is 2.62. The van der Waals surface area contributed by atoms with Crippen LogP contribution in [0.3, 0.4) is 0 Å². The highest BCUT2D eigenvalue weighted by molar-refractivity contribution is 5.93. The van der Waals surface area contributed by atoms with E-state index in [2.05, 4.69) is 0 Å². The van der Waals surface area contributed by atoms with Crippen molar-refractivity contribution >= 4 is 23.5 Å². The van der Waals surface area contributed by atoms with Gasteiger partial charge >= 0.3 is 11.9 Å². The molecule has 0 unspecified atom stereocenters. The summed E-state index contributed by atoms with van der Waals surface area (Å²) in [7, 11) is 0. The summed E-state index contributed by atoms with van der Waals surface area (Å²) in [6.45, 7) is 0.539. The van der Waals surface area contributed by atoms with Gasteiger partial charge in [-0.1, -0.05) is 0 Å². The Labute approximate surface area is 164 Å². The number of cyclic esters (lactones) is 2. The van der Waals surface area contributed by atoms with E-state index in [1.165, 1.54) is 0 Å². The van der Waals surface area contributed by atoms with Gasteiger partial charge in [-0.15, -0.1) is 0 Å². The van der Waals surface area contributed by atoms with E-state index in [0.717, 1.165) is 12.8 Å². The van der Waals surface area contributed by atoms with E-state index in [1.54, 1.807) is 0 Å². The number of rotatable bonds is 0. The van der Waals surface area contributed by atoms with Crippen LogP contribution in [0.5, 0.6) is 0 Å². The lowest BCUT2D eigenvalue weighted by Crippen LogP contribution is -2.61. The SMILES string of the molecule is O=C1CCC[C@]23C[C@H](CCOC(=O)[C@@]45CCCC(=O)[C@@H]4[C@@H](CCOC2=O)C5)[C@@H]13. The molecule has 4 bridgehead atoms. The molecular formula is C22H28O6. The molecule has 1 saturated heterocycles. The zero-order chi connectivity index (χ0) is 19.5. The van der Waals surface area contributed by atoms with Crippen LogP contribution in [-0.2, 0) is 28.7 Å². The first-order valence-electron chi connectivity index (χ1n) is 10.9. The largest absolute Gasteiger partial charge is 0.465 e. The van der Waals surface area contributed by atoms with Crippen molar-refractivity contribution in [2.45, 2.75) is 64.2 Å². The maximum atomic E-state index is 12.9. The van der Waals surface area contributed by atoms with E-state index in [1.807, 2.05) is 0 Å². The van der Waals surface area contributed by atoms with Crippen molar-refractivity contribution in [3.05, 3.63) is 0 Å². The number of carbonyl (C=O) groups is 4. The lowest BCUT2D eigenvalue weighted by Gasteiger charge is -2.56. The number of carbonyl (C=O) groups excluding carboxylic acids is 4. The van der Waals surface area contributed by atoms with Crippen LogP contribution in [0.2, 0.25) is 0 Å². The summed E-state index contributed by atoms with van der Waals surface area (Å²) in [4.78, 5) is 50.9. The Kier molecular flexibility index (Phi) is 4.18. The first-order valence-corrected chi connectivity index (χ1v) is 10.9. The van der Waals surface area contributed by atoms with Crippen molar-refractivity contribution < 1.29 is 28.7 Å². The average molecular weight is 388 g/mol. The smallest absolute Gasteiger partial charge is 0.312 e. The molecule has 1 aliphatic heterocycles. The van der Waals surface area contributed by atoms with Crippen LogP contribution in [-0.4, -0.2) is 36.7 Å². The van der Waals surface area contributed by atoms with Crippen molar-refractivity contribution in [1.29, 1.82) is 0 Å². The molecule has 0 aromatic carbocycles. The predicted molar refractivity (Wildman–Crippen MR) is 96.9 cm³/mol. The second kappa shape index (κ2) is 6.39. The van der Waals surface area contributed by atoms with Crippen LogP contribution in [0.1, 0.15) is 64.2 Å². The van der Waals surface area contributed by atoms with Gasteiger partial charge in [0.05, 0.1) is 24.0 Å². The number of hydrogen-bond acceptors (Lipinski definition) is 6. The fraction of sp³-hybridized carbons (Fsp3) is 0.818. The second-order valence-corrected chi connectivity index (χ2v) is 9.68. The minimum Gasteiger partial charge on any atom is -0.465 e. The summed E-state index contributed by atoms with van der Waals surface area (Å²) < 4.78 is 11.3. The van der Waals surface area contributed by atoms with Gasteiger partial charge < -0.3 is 9.47 Å². The molecule has 0 radical (unpaired) electrons. The average Bonchev–Trinajstić information content (AvgIpc) is 2.61. The molecule has 5 aliphatic rings. The Hall–Kier alpha value is -1.72. The quantitative estimate of drug-likeness (QED) is 0.593. The van der Waals surface area contributed by atoms with Gasteiger partial charge in [0.2, 0.25) is 0 Å². The third kappa shape index (κ3) is 2.38. The van der Waals surface area contributed by atoms with Crippen molar-refractivity contribution in [3.63, 3.8) is 0 Å². The molecular weight excluding hydrogens is 360 g/mol. The highest BCUT2D eigenvalue weighted by Gasteiger charge is 2.65. The van der Waals surface area contributed by atoms with Gasteiger partial charge in [-0.05, 0) is 63.2 Å². The lowest BCUT2D eigenvalue weighted by atomic mass is 9.47. The minimum atomic E-state index is -0.655. The molecule has 1 spiro atoms. The third-order valence-electron chi connectivity index (χ3n) is 8.43. The van der Waals surface area contributed by atoms with E-state index in [9.17, 15) is 19.2 Å². The van der Waals surface area contributed by atoms with Gasteiger partial charge in [0, 0.05) is 24.7 Å². The highest BCUT2D eigenvalue weighted by atomic mass is 16.5. The van der Waals surface area contributed by atoms with Crippen molar-refractivity contribution in [2.75, 3.05) is 13.2 Å². The van der Waals surface area contributed by atoms with Gasteiger partial charge in [0.25, 0.3) is 0 Å². The Balaban J connectivity index is 1.38. The van der Waals surface area contributed by atoms with Gasteiger partial charge in [-0.2, -0.15) is 0 Å². The van der Waals surface area contributed by atoms with E-state index < -0.39 is 10.8 Å². The van der Waals surface area contributed by atoms with E-state index in [0.29, 0.717) is 51.4 Å². The maximum Gasteiger partial charge on any atom is 0.312 e. The molecule has 4 saturated carbocycles. The Morgan fingerprint density at radius 3 is 1.54 bits per heavy atom. The topological polar surface area (TPSA) is 86.7 Å². The molecule has 152 valence electrons. The van der Waals surface area contributed by atoms with E-state index >= 15 is 0 Å². The Bertz CT molecular complexity index is 681. The summed E-state index contributed by atoms with van der Waals surface area (Å²) in [5.74, 6) is -0.487. The van der Waals surface area contributed by atoms with Crippen LogP contribution in [0.15, 0.2) is 0 Å². The number of esters is 2. The van der Waals surface area contributed by atoms with Gasteiger partial charge in [-0.25, -0.2) is 0 Å². The van der Waals surface area contributed by atoms with E-state index in [4.69, 9.17) is 9.47 Å². The molecule has 6 atom stereocenters. The number of hydrogen-bond donors (Lipinski definition) is 0. The molecule has 28 heavy (non-hydrogen) atoms. The summed E-state index contributed by atoms with van der Waals surface area (Å²) in [5, 5.41) is 0. The summed E-state index contributed by atoms with van der Waals surface area (Å²) in [5.41, 5.74) is -1.31. The highest BCUT2D eigenvalue weighted by Crippen LogP contribution is 2.61. The molecule has 0 aromatic heterocycles. The minimum absolute atomic E-state index is 0.0894. The third-order valence-corrected chi connectivity index (χ3v) is 8.43. The molecule has 1 heterocycles. The molecule has 0 aromatic rings. The van der Waals surface area contributed by atoms with Gasteiger partial charge in [-0.3, -0.25) is 19.2 Å². The number of ether oxygens (including phenoxy) is 2. The Morgan fingerprint density at radius 1 is 0.679 bits per heavy atom. The molecule has 6 heteroatoms. The van der Waals surface area contributed by atoms with Crippen LogP contribution in [0, 0.1) is 34.5 Å². The van der Waals surface area contributed by atoms with Gasteiger partial charge in [0.15, 0.2) is 0 Å². The van der Waals surface area contributed by atoms with E-state index in [-0.39, 0.29) is 60.4 Å². The normalized spacial score (nSPS) is 46.0. The fourth-order valence-electron chi connectivity index (χ4n) is 7.19. The van der Waals surface area contributed by atoms with Gasteiger partial charge in [0.1, 0.15) is 11.6 Å². The zero-order valence-electron chi connectivity index (χ0n) is 16.2. The first kappa shape index (κ1) is 18.3. The standard InChI is InChI=1S/C22H28O6/c23-15-3-1-7-21-11-13(17(15)21)5-10-28-20(26)22-8-2-4-16(24)18(22)14(12-22)6-9-27-19(21)25/h13-14,17-18H,1-12H2/t13-,14-,17-,18-,21+,22+/m0/s1. The maximum absolute atomic E-state index is 12.9. The number of fused-ring (bicyclic) bond motifs is 2. The number of Topliss-reactive ketones (excluding diaryl/α,β-unsaturated/α-hetero) is 2. The fourth-order valence-corrected chi connectivity index (χ4v) is 7.19. The molecule has 0 N–H and O–H groups in total. The van der Waals surface area contributed by atoms with Crippen molar-refractivity contribution in [1.82, 2.24) is 0 Å². The molecule has 5 fully saturated rings. The summed E-state index contributed by atoms with van der Waals surface area (Å²) in [6, 6.07) is 0. The van der Waals surface area contributed by atoms with Crippen molar-refractivity contribution in [3.8, 4) is 0 Å². The molecule has 0 amide bonds. The second-order valence-electron chi connectivity index (χ2n) is 9.68. The summed E-state index contributed by atoms with van der Waals surface area (Å²) in [6.07, 6.45) is 6.52. The number of ketones is 2. The Morgan fingerprint density at radius 2 is 1.11 bits per heavy atom. The zero-order valence-corrected chi connectivity index (χ0v) is 16.2. The van der Waals surface area contributed by atoms with Crippen molar-refractivity contribution in [2.24, 2.45) is 34.5 Å². The van der Waals surface area contributed by atoms with Crippen LogP contribution in [0.4, 0.5) is 0 Å². The lowest BCUT2D eigenvalue weighted by molar-refractivity contribution is -0.196. The first-order chi connectivity index (χ1) is 13.5. The van der Waals surface area contributed by atoms with Crippen LogP contribution in [0.25, 0.3) is 0 Å². The van der Waals surface area contributed by atoms with Crippen LogP contribution >= 0.6 is 0 Å². The monoisotopic (exact) mass is 388 g/mol. The molecule has 5 rings (SSSR count). The molecule has 6 nitrogen and oxygen atoms in total. The summed E-state index contributed by atoms with van der Waals surface area (Å²) >= 11 is 0. The van der Waals surface area contributed by atoms with Crippen LogP contribution < -0.4 is 0 Å². The molecule has 4 aliphatic carbocycles.